The smallest absolute Gasteiger partial charge is 0.421 e. The zero-order valence-electron chi connectivity index (χ0n) is 20.4. The molecule has 2 fully saturated rings. The van der Waals surface area contributed by atoms with E-state index >= 15 is 0 Å². The van der Waals surface area contributed by atoms with Crippen molar-refractivity contribution >= 4 is 23.4 Å². The highest BCUT2D eigenvalue weighted by molar-refractivity contribution is 5.95. The molecule has 0 unspecified atom stereocenters. The Hall–Kier alpha value is -3.12. The first-order chi connectivity index (χ1) is 17.1. The number of nitrogens with zero attached hydrogens (tertiary/aromatic N) is 3. The fourth-order valence-electron chi connectivity index (χ4n) is 4.58. The molecular weight excluding hydrogens is 475 g/mol. The van der Waals surface area contributed by atoms with Gasteiger partial charge in [0.25, 0.3) is 5.91 Å². The molecule has 2 atom stereocenters. The van der Waals surface area contributed by atoms with Gasteiger partial charge in [0.15, 0.2) is 0 Å². The molecule has 0 bridgehead atoms. The molecule has 2 aliphatic rings. The maximum absolute atomic E-state index is 13.6. The SMILES string of the molecule is COc1cc(C(=O)NC2CCN(C)CC2)ccc1Nc1ncc(C(F)(F)F)c(N[C@@H]2CCC[C@H]2N)n1. The standard InChI is InChI=1S/C24H32F3N7O2/c1-34-10-8-15(9-11-34)30-22(35)14-6-7-19(20(12-14)36-2)32-23-29-13-16(24(25,26)27)21(33-23)31-18-5-3-4-17(18)28/h6-7,12-13,15,17-18H,3-5,8-11,28H2,1-2H3,(H,30,35)(H2,29,31,32,33)/t17-,18-/m1/s1. The lowest BCUT2D eigenvalue weighted by atomic mass is 10.0. The molecule has 9 nitrogen and oxygen atoms in total. The normalized spacial score (nSPS) is 21.3. The van der Waals surface area contributed by atoms with Crippen LogP contribution >= 0.6 is 0 Å². The number of carbonyl (C=O) groups excluding carboxylic acids is 1. The van der Waals surface area contributed by atoms with E-state index in [2.05, 4.69) is 37.9 Å². The first-order valence-corrected chi connectivity index (χ1v) is 12.0. The molecule has 36 heavy (non-hydrogen) atoms. The minimum absolute atomic E-state index is 0.0427. The number of aromatic nitrogens is 2. The van der Waals surface area contributed by atoms with Crippen LogP contribution in [0.15, 0.2) is 24.4 Å². The molecule has 1 aromatic carbocycles. The van der Waals surface area contributed by atoms with Gasteiger partial charge in [0.05, 0.1) is 12.8 Å². The van der Waals surface area contributed by atoms with Gasteiger partial charge in [0.1, 0.15) is 17.1 Å². The van der Waals surface area contributed by atoms with E-state index in [4.69, 9.17) is 10.5 Å². The zero-order chi connectivity index (χ0) is 25.9. The number of benzene rings is 1. The number of amides is 1. The van der Waals surface area contributed by atoms with Crippen LogP contribution in [0.4, 0.5) is 30.6 Å². The van der Waals surface area contributed by atoms with E-state index in [0.29, 0.717) is 23.4 Å². The summed E-state index contributed by atoms with van der Waals surface area (Å²) in [5.74, 6) is -0.240. The van der Waals surface area contributed by atoms with Crippen molar-refractivity contribution in [3.05, 3.63) is 35.5 Å². The number of alkyl halides is 3. The molecule has 1 aliphatic heterocycles. The monoisotopic (exact) mass is 507 g/mol. The Balaban J connectivity index is 1.51. The Labute approximate surface area is 208 Å². The molecule has 1 amide bonds. The van der Waals surface area contributed by atoms with E-state index in [1.54, 1.807) is 18.2 Å². The van der Waals surface area contributed by atoms with E-state index < -0.39 is 11.7 Å². The maximum Gasteiger partial charge on any atom is 0.421 e. The average Bonchev–Trinajstić information content (AvgIpc) is 3.24. The summed E-state index contributed by atoms with van der Waals surface area (Å²) in [5.41, 5.74) is 5.91. The van der Waals surface area contributed by atoms with Crippen molar-refractivity contribution in [3.63, 3.8) is 0 Å². The third-order valence-electron chi connectivity index (χ3n) is 6.75. The first-order valence-electron chi connectivity index (χ1n) is 12.0. The Morgan fingerprint density at radius 3 is 2.58 bits per heavy atom. The second-order valence-electron chi connectivity index (χ2n) is 9.39. The van der Waals surface area contributed by atoms with Crippen molar-refractivity contribution in [1.29, 1.82) is 0 Å². The van der Waals surface area contributed by atoms with Crippen LogP contribution in [0, 0.1) is 0 Å². The molecule has 1 saturated heterocycles. The van der Waals surface area contributed by atoms with Crippen molar-refractivity contribution in [2.45, 2.75) is 56.4 Å². The predicted molar refractivity (Wildman–Crippen MR) is 131 cm³/mol. The zero-order valence-corrected chi connectivity index (χ0v) is 20.4. The summed E-state index contributed by atoms with van der Waals surface area (Å²) in [4.78, 5) is 22.9. The number of hydrogen-bond acceptors (Lipinski definition) is 8. The number of piperidine rings is 1. The average molecular weight is 508 g/mol. The highest BCUT2D eigenvalue weighted by atomic mass is 19.4. The maximum atomic E-state index is 13.6. The molecule has 2 heterocycles. The number of nitrogens with two attached hydrogens (primary N) is 1. The summed E-state index contributed by atoms with van der Waals surface area (Å²) < 4.78 is 46.1. The molecule has 4 rings (SSSR count). The van der Waals surface area contributed by atoms with Crippen LogP contribution in [0.3, 0.4) is 0 Å². The van der Waals surface area contributed by atoms with Crippen LogP contribution in [0.5, 0.6) is 5.75 Å². The molecule has 196 valence electrons. The van der Waals surface area contributed by atoms with Crippen LogP contribution in [0.25, 0.3) is 0 Å². The number of ether oxygens (including phenoxy) is 1. The van der Waals surface area contributed by atoms with E-state index in [0.717, 1.165) is 45.0 Å². The Morgan fingerprint density at radius 1 is 1.19 bits per heavy atom. The van der Waals surface area contributed by atoms with Crippen LogP contribution in [-0.2, 0) is 6.18 Å². The molecular formula is C24H32F3N7O2. The third kappa shape index (κ3) is 6.16. The van der Waals surface area contributed by atoms with Gasteiger partial charge in [-0.15, -0.1) is 0 Å². The first kappa shape index (κ1) is 26.0. The van der Waals surface area contributed by atoms with Gasteiger partial charge in [-0.05, 0) is 70.4 Å². The van der Waals surface area contributed by atoms with Crippen LogP contribution in [0.2, 0.25) is 0 Å². The number of nitrogens with one attached hydrogen (secondary N) is 3. The molecule has 5 N–H and O–H groups in total. The summed E-state index contributed by atoms with van der Waals surface area (Å²) in [6, 6.07) is 4.38. The Bertz CT molecular complexity index is 1070. The van der Waals surface area contributed by atoms with E-state index in [1.165, 1.54) is 7.11 Å². The molecule has 2 aromatic rings. The van der Waals surface area contributed by atoms with Gasteiger partial charge in [-0.2, -0.15) is 18.2 Å². The summed E-state index contributed by atoms with van der Waals surface area (Å²) in [7, 11) is 3.50. The second kappa shape index (κ2) is 10.9. The summed E-state index contributed by atoms with van der Waals surface area (Å²) >= 11 is 0. The number of anilines is 3. The van der Waals surface area contributed by atoms with Crippen molar-refractivity contribution < 1.29 is 22.7 Å². The van der Waals surface area contributed by atoms with Gasteiger partial charge in [0, 0.05) is 29.9 Å². The lowest BCUT2D eigenvalue weighted by Gasteiger charge is -2.29. The highest BCUT2D eigenvalue weighted by Crippen LogP contribution is 2.36. The van der Waals surface area contributed by atoms with Crippen molar-refractivity contribution in [2.75, 3.05) is 37.9 Å². The number of carbonyl (C=O) groups is 1. The number of halogens is 3. The van der Waals surface area contributed by atoms with Gasteiger partial charge in [-0.1, -0.05) is 0 Å². The van der Waals surface area contributed by atoms with Crippen LogP contribution < -0.4 is 26.4 Å². The van der Waals surface area contributed by atoms with Gasteiger partial charge in [0.2, 0.25) is 5.95 Å². The Kier molecular flexibility index (Phi) is 7.84. The number of likely N-dealkylation sites (tertiary alicyclic amines) is 1. The largest absolute Gasteiger partial charge is 0.495 e. The van der Waals surface area contributed by atoms with Crippen molar-refractivity contribution in [3.8, 4) is 5.75 Å². The summed E-state index contributed by atoms with van der Waals surface area (Å²) in [6.07, 6.45) is 0.131. The quantitative estimate of drug-likeness (QED) is 0.451. The summed E-state index contributed by atoms with van der Waals surface area (Å²) in [6.45, 7) is 1.85. The minimum atomic E-state index is -4.62. The minimum Gasteiger partial charge on any atom is -0.495 e. The van der Waals surface area contributed by atoms with Crippen LogP contribution in [-0.4, -0.2) is 66.1 Å². The highest BCUT2D eigenvalue weighted by Gasteiger charge is 2.37. The molecule has 0 spiro atoms. The fraction of sp³-hybridized carbons (Fsp3) is 0.542. The van der Waals surface area contributed by atoms with Crippen molar-refractivity contribution in [1.82, 2.24) is 20.2 Å². The molecule has 1 aromatic heterocycles. The number of methoxy groups -OCH3 is 1. The number of rotatable bonds is 7. The van der Waals surface area contributed by atoms with Gasteiger partial charge < -0.3 is 31.3 Å². The second-order valence-corrected chi connectivity index (χ2v) is 9.39. The molecule has 0 radical (unpaired) electrons. The van der Waals surface area contributed by atoms with E-state index in [1.807, 2.05) is 0 Å². The fourth-order valence-corrected chi connectivity index (χ4v) is 4.58. The van der Waals surface area contributed by atoms with Gasteiger partial charge in [-0.3, -0.25) is 4.79 Å². The molecule has 1 saturated carbocycles. The third-order valence-corrected chi connectivity index (χ3v) is 6.75. The lowest BCUT2D eigenvalue weighted by Crippen LogP contribution is -2.43. The van der Waals surface area contributed by atoms with Crippen LogP contribution in [0.1, 0.15) is 48.0 Å². The lowest BCUT2D eigenvalue weighted by molar-refractivity contribution is -0.137. The Morgan fingerprint density at radius 2 is 1.94 bits per heavy atom. The predicted octanol–water partition coefficient (Wildman–Crippen LogP) is 3.36. The number of hydrogen-bond donors (Lipinski definition) is 4. The van der Waals surface area contributed by atoms with Gasteiger partial charge in [-0.25, -0.2) is 4.98 Å². The van der Waals surface area contributed by atoms with E-state index in [-0.39, 0.29) is 35.8 Å². The molecule has 12 heteroatoms. The van der Waals surface area contributed by atoms with E-state index in [9.17, 15) is 18.0 Å². The molecule has 1 aliphatic carbocycles. The van der Waals surface area contributed by atoms with Crippen molar-refractivity contribution in [2.24, 2.45) is 5.73 Å². The summed E-state index contributed by atoms with van der Waals surface area (Å²) in [5, 5.41) is 8.82. The van der Waals surface area contributed by atoms with Gasteiger partial charge >= 0.3 is 6.18 Å². The topological polar surface area (TPSA) is 117 Å².